The van der Waals surface area contributed by atoms with Gasteiger partial charge in [-0.25, -0.2) is 5.90 Å². The van der Waals surface area contributed by atoms with Crippen molar-refractivity contribution in [1.29, 1.82) is 0 Å². The molecule has 1 aliphatic carbocycles. The Morgan fingerprint density at radius 2 is 1.83 bits per heavy atom. The van der Waals surface area contributed by atoms with Crippen molar-refractivity contribution in [3.8, 4) is 0 Å². The van der Waals surface area contributed by atoms with Crippen molar-refractivity contribution in [2.45, 2.75) is 51.7 Å². The highest BCUT2D eigenvalue weighted by atomic mass is 16.6. The van der Waals surface area contributed by atoms with Crippen LogP contribution in [0.3, 0.4) is 0 Å². The van der Waals surface area contributed by atoms with Crippen molar-refractivity contribution in [1.82, 2.24) is 0 Å². The average Bonchev–Trinajstić information content (AvgIpc) is 2.41. The summed E-state index contributed by atoms with van der Waals surface area (Å²) in [6.45, 7) is 4.38. The molecule has 2 rings (SSSR count). The molecule has 0 saturated heterocycles. The van der Waals surface area contributed by atoms with Crippen molar-refractivity contribution in [2.75, 3.05) is 11.9 Å². The summed E-state index contributed by atoms with van der Waals surface area (Å²) >= 11 is 0. The third kappa shape index (κ3) is 2.68. The monoisotopic (exact) mass is 248 g/mol. The van der Waals surface area contributed by atoms with E-state index >= 15 is 0 Å². The molecule has 1 aromatic rings. The molecule has 1 saturated carbocycles. The van der Waals surface area contributed by atoms with Gasteiger partial charge in [0, 0.05) is 18.8 Å². The summed E-state index contributed by atoms with van der Waals surface area (Å²) < 4.78 is 0. The molecule has 1 aromatic carbocycles. The third-order valence-corrected chi connectivity index (χ3v) is 4.34. The molecule has 0 radical (unpaired) electrons. The van der Waals surface area contributed by atoms with Crippen LogP contribution < -0.4 is 10.8 Å². The zero-order valence-corrected chi connectivity index (χ0v) is 11.6. The number of hydrogen-bond donors (Lipinski definition) is 1. The number of rotatable bonds is 3. The number of nitrogens with two attached hydrogens (primary N) is 1. The summed E-state index contributed by atoms with van der Waals surface area (Å²) in [6.07, 6.45) is 4.71. The van der Waals surface area contributed by atoms with Crippen LogP contribution in [0.5, 0.6) is 0 Å². The molecular weight excluding hydrogens is 224 g/mol. The van der Waals surface area contributed by atoms with Crippen LogP contribution in [-0.2, 0) is 4.84 Å². The van der Waals surface area contributed by atoms with Gasteiger partial charge in [0.1, 0.15) is 0 Å². The smallest absolute Gasteiger partial charge is 0.0789 e. The first-order valence-electron chi connectivity index (χ1n) is 6.78. The quantitative estimate of drug-likeness (QED) is 0.836. The zero-order chi connectivity index (χ0) is 13.1. The number of nitrogens with zero attached hydrogens (tertiary/aromatic N) is 1. The first-order valence-corrected chi connectivity index (χ1v) is 6.78. The second kappa shape index (κ2) is 5.72. The first kappa shape index (κ1) is 13.4. The highest BCUT2D eigenvalue weighted by Gasteiger charge is 2.25. The molecule has 2 N–H and O–H groups in total. The van der Waals surface area contributed by atoms with E-state index in [9.17, 15) is 0 Å². The molecule has 0 heterocycles. The molecule has 1 aliphatic rings. The Labute approximate surface area is 110 Å². The average molecular weight is 248 g/mol. The van der Waals surface area contributed by atoms with E-state index in [2.05, 4.69) is 44.0 Å². The van der Waals surface area contributed by atoms with Crippen LogP contribution in [0, 0.1) is 13.8 Å². The fourth-order valence-electron chi connectivity index (χ4n) is 2.88. The predicted octanol–water partition coefficient (Wildman–Crippen LogP) is 2.94. The summed E-state index contributed by atoms with van der Waals surface area (Å²) in [5.41, 5.74) is 4.10. The fraction of sp³-hybridized carbons (Fsp3) is 0.600. The van der Waals surface area contributed by atoms with E-state index in [4.69, 9.17) is 10.7 Å². The van der Waals surface area contributed by atoms with Crippen LogP contribution in [0.2, 0.25) is 0 Å². The molecule has 0 spiro atoms. The molecule has 1 fully saturated rings. The minimum Gasteiger partial charge on any atom is -0.371 e. The summed E-state index contributed by atoms with van der Waals surface area (Å²) in [5.74, 6) is 5.27. The SMILES string of the molecule is Cc1cccc(N(C)C2CCC(ON)CC2)c1C. The molecule has 0 aliphatic heterocycles. The molecular formula is C15H24N2O. The summed E-state index contributed by atoms with van der Waals surface area (Å²) in [7, 11) is 2.20. The maximum atomic E-state index is 5.27. The Bertz CT molecular complexity index is 397. The lowest BCUT2D eigenvalue weighted by atomic mass is 9.91. The summed E-state index contributed by atoms with van der Waals surface area (Å²) in [6, 6.07) is 7.14. The van der Waals surface area contributed by atoms with Gasteiger partial charge in [0.05, 0.1) is 6.10 Å². The van der Waals surface area contributed by atoms with Crippen LogP contribution in [0.1, 0.15) is 36.8 Å². The Morgan fingerprint density at radius 1 is 1.17 bits per heavy atom. The maximum absolute atomic E-state index is 5.27. The molecule has 0 bridgehead atoms. The molecule has 0 aromatic heterocycles. The molecule has 0 unspecified atom stereocenters. The van der Waals surface area contributed by atoms with Gasteiger partial charge in [0.2, 0.25) is 0 Å². The second-order valence-electron chi connectivity index (χ2n) is 5.40. The van der Waals surface area contributed by atoms with Crippen LogP contribution in [0.15, 0.2) is 18.2 Å². The Kier molecular flexibility index (Phi) is 4.25. The van der Waals surface area contributed by atoms with E-state index in [1.165, 1.54) is 16.8 Å². The lowest BCUT2D eigenvalue weighted by Crippen LogP contribution is -2.38. The predicted molar refractivity (Wildman–Crippen MR) is 75.6 cm³/mol. The Morgan fingerprint density at radius 3 is 2.44 bits per heavy atom. The normalized spacial score (nSPS) is 24.0. The van der Waals surface area contributed by atoms with Gasteiger partial charge >= 0.3 is 0 Å². The largest absolute Gasteiger partial charge is 0.371 e. The molecule has 100 valence electrons. The first-order chi connectivity index (χ1) is 8.63. The minimum atomic E-state index is 0.258. The zero-order valence-electron chi connectivity index (χ0n) is 11.6. The summed E-state index contributed by atoms with van der Waals surface area (Å²) in [4.78, 5) is 7.37. The standard InChI is InChI=1S/C15H24N2O/c1-11-5-4-6-15(12(11)2)17(3)13-7-9-14(18-16)10-8-13/h4-6,13-14H,7-10,16H2,1-3H3. The van der Waals surface area contributed by atoms with Gasteiger partial charge in [-0.3, -0.25) is 0 Å². The molecule has 3 nitrogen and oxygen atoms in total. The van der Waals surface area contributed by atoms with E-state index in [-0.39, 0.29) is 6.10 Å². The highest BCUT2D eigenvalue weighted by molar-refractivity contribution is 5.56. The topological polar surface area (TPSA) is 38.5 Å². The van der Waals surface area contributed by atoms with Crippen molar-refractivity contribution in [3.63, 3.8) is 0 Å². The highest BCUT2D eigenvalue weighted by Crippen LogP contribution is 2.30. The molecule has 0 atom stereocenters. The number of benzene rings is 1. The molecule has 18 heavy (non-hydrogen) atoms. The van der Waals surface area contributed by atoms with E-state index in [0.29, 0.717) is 6.04 Å². The van der Waals surface area contributed by atoms with Crippen molar-refractivity contribution in [3.05, 3.63) is 29.3 Å². The number of aryl methyl sites for hydroxylation is 1. The molecule has 0 amide bonds. The Hall–Kier alpha value is -1.06. The van der Waals surface area contributed by atoms with Gasteiger partial charge < -0.3 is 9.74 Å². The fourth-order valence-corrected chi connectivity index (χ4v) is 2.88. The van der Waals surface area contributed by atoms with E-state index in [1.54, 1.807) is 0 Å². The van der Waals surface area contributed by atoms with Gasteiger partial charge in [0.25, 0.3) is 0 Å². The van der Waals surface area contributed by atoms with Gasteiger partial charge in [-0.2, -0.15) is 0 Å². The lowest BCUT2D eigenvalue weighted by molar-refractivity contribution is 0.0242. The van der Waals surface area contributed by atoms with E-state index in [0.717, 1.165) is 25.7 Å². The third-order valence-electron chi connectivity index (χ3n) is 4.34. The van der Waals surface area contributed by atoms with Gasteiger partial charge in [-0.15, -0.1) is 0 Å². The van der Waals surface area contributed by atoms with Crippen LogP contribution in [-0.4, -0.2) is 19.2 Å². The van der Waals surface area contributed by atoms with Crippen molar-refractivity contribution >= 4 is 5.69 Å². The minimum absolute atomic E-state index is 0.258. The van der Waals surface area contributed by atoms with Crippen LogP contribution in [0.4, 0.5) is 5.69 Å². The van der Waals surface area contributed by atoms with Crippen molar-refractivity contribution in [2.24, 2.45) is 5.90 Å². The van der Waals surface area contributed by atoms with Crippen LogP contribution >= 0.6 is 0 Å². The van der Waals surface area contributed by atoms with Gasteiger partial charge in [-0.05, 0) is 56.7 Å². The summed E-state index contributed by atoms with van der Waals surface area (Å²) in [5, 5.41) is 0. The lowest BCUT2D eigenvalue weighted by Gasteiger charge is -2.36. The van der Waals surface area contributed by atoms with Gasteiger partial charge in [-0.1, -0.05) is 12.1 Å². The molecule has 3 heteroatoms. The number of anilines is 1. The van der Waals surface area contributed by atoms with E-state index < -0.39 is 0 Å². The van der Waals surface area contributed by atoms with Crippen LogP contribution in [0.25, 0.3) is 0 Å². The van der Waals surface area contributed by atoms with E-state index in [1.807, 2.05) is 0 Å². The number of hydrogen-bond acceptors (Lipinski definition) is 3. The van der Waals surface area contributed by atoms with Gasteiger partial charge in [0.15, 0.2) is 0 Å². The Balaban J connectivity index is 2.08. The second-order valence-corrected chi connectivity index (χ2v) is 5.40. The van der Waals surface area contributed by atoms with Crippen molar-refractivity contribution < 1.29 is 4.84 Å². The maximum Gasteiger partial charge on any atom is 0.0789 e.